The van der Waals surface area contributed by atoms with E-state index in [1.54, 1.807) is 0 Å². The number of likely N-dealkylation sites (N-methyl/N-ethyl adjacent to an activating group) is 1. The largest absolute Gasteiger partial charge is 0.338 e. The van der Waals surface area contributed by atoms with Gasteiger partial charge in [-0.25, -0.2) is 0 Å². The van der Waals surface area contributed by atoms with Crippen LogP contribution in [0.2, 0.25) is 0 Å². The molecular formula is C19H29BrN3O2+. The third-order valence-corrected chi connectivity index (χ3v) is 4.89. The summed E-state index contributed by atoms with van der Waals surface area (Å²) in [7, 11) is 1.90. The zero-order chi connectivity index (χ0) is 18.4. The van der Waals surface area contributed by atoms with Crippen LogP contribution in [0.1, 0.15) is 31.7 Å². The molecule has 0 bridgehead atoms. The Morgan fingerprint density at radius 3 is 2.64 bits per heavy atom. The van der Waals surface area contributed by atoms with Crippen molar-refractivity contribution in [1.29, 1.82) is 0 Å². The molecule has 1 fully saturated rings. The third-order valence-electron chi connectivity index (χ3n) is 4.40. The average molecular weight is 411 g/mol. The van der Waals surface area contributed by atoms with Gasteiger partial charge in [0.1, 0.15) is 0 Å². The van der Waals surface area contributed by atoms with E-state index in [1.165, 1.54) is 12.8 Å². The number of carbonyl (C=O) groups excluding carboxylic acids is 2. The summed E-state index contributed by atoms with van der Waals surface area (Å²) >= 11 is 3.42. The number of halogens is 1. The van der Waals surface area contributed by atoms with Gasteiger partial charge < -0.3 is 15.1 Å². The van der Waals surface area contributed by atoms with Gasteiger partial charge in [-0.05, 0) is 55.9 Å². The maximum atomic E-state index is 12.5. The standard InChI is InChI=1S/C19H28BrN3O2/c1-4-9-23(11-15-5-6-15)19(25)13-22(3)12-18(24)21-17-8-7-16(20)10-14(17)2/h7-8,10,15H,4-6,9,11-13H2,1-3H3,(H,21,24)/p+1. The lowest BCUT2D eigenvalue weighted by Crippen LogP contribution is -3.11. The Bertz CT molecular complexity index is 617. The maximum absolute atomic E-state index is 12.5. The summed E-state index contributed by atoms with van der Waals surface area (Å²) in [4.78, 5) is 27.6. The fraction of sp³-hybridized carbons (Fsp3) is 0.579. The van der Waals surface area contributed by atoms with Crippen LogP contribution in [-0.4, -0.2) is 49.9 Å². The van der Waals surface area contributed by atoms with Crippen LogP contribution in [-0.2, 0) is 9.59 Å². The molecule has 2 N–H and O–H groups in total. The van der Waals surface area contributed by atoms with Gasteiger partial charge in [-0.2, -0.15) is 0 Å². The molecule has 2 rings (SSSR count). The number of nitrogens with zero attached hydrogens (tertiary/aromatic N) is 1. The Hall–Kier alpha value is -1.40. The fourth-order valence-electron chi connectivity index (χ4n) is 2.87. The molecule has 0 aliphatic heterocycles. The first-order chi connectivity index (χ1) is 11.9. The number of rotatable bonds is 9. The molecule has 0 radical (unpaired) electrons. The van der Waals surface area contributed by atoms with Gasteiger partial charge in [-0.1, -0.05) is 22.9 Å². The molecule has 5 nitrogen and oxygen atoms in total. The molecule has 1 aliphatic carbocycles. The molecule has 0 saturated heterocycles. The Labute approximate surface area is 158 Å². The van der Waals surface area contributed by atoms with Crippen molar-refractivity contribution in [1.82, 2.24) is 4.90 Å². The van der Waals surface area contributed by atoms with Crippen molar-refractivity contribution in [2.24, 2.45) is 5.92 Å². The minimum absolute atomic E-state index is 0.0695. The van der Waals surface area contributed by atoms with E-state index in [0.717, 1.165) is 40.1 Å². The van der Waals surface area contributed by atoms with E-state index in [2.05, 4.69) is 28.2 Å². The van der Waals surface area contributed by atoms with Gasteiger partial charge in [0.15, 0.2) is 13.1 Å². The number of benzene rings is 1. The van der Waals surface area contributed by atoms with Crippen molar-refractivity contribution in [2.75, 3.05) is 38.5 Å². The van der Waals surface area contributed by atoms with Gasteiger partial charge in [0.25, 0.3) is 11.8 Å². The summed E-state index contributed by atoms with van der Waals surface area (Å²) in [5.41, 5.74) is 1.82. The number of amides is 2. The molecule has 1 aromatic rings. The second-order valence-electron chi connectivity index (χ2n) is 7.10. The lowest BCUT2D eigenvalue weighted by atomic mass is 10.2. The normalized spacial score (nSPS) is 14.9. The molecule has 1 unspecified atom stereocenters. The zero-order valence-electron chi connectivity index (χ0n) is 15.4. The summed E-state index contributed by atoms with van der Waals surface area (Å²) in [6, 6.07) is 5.76. The highest BCUT2D eigenvalue weighted by Gasteiger charge is 2.27. The van der Waals surface area contributed by atoms with Gasteiger partial charge in [0, 0.05) is 23.2 Å². The van der Waals surface area contributed by atoms with Gasteiger partial charge >= 0.3 is 0 Å². The molecule has 138 valence electrons. The molecule has 0 aromatic heterocycles. The van der Waals surface area contributed by atoms with Crippen molar-refractivity contribution >= 4 is 33.4 Å². The fourth-order valence-corrected chi connectivity index (χ4v) is 3.34. The Morgan fingerprint density at radius 2 is 2.04 bits per heavy atom. The van der Waals surface area contributed by atoms with Crippen molar-refractivity contribution in [3.63, 3.8) is 0 Å². The molecule has 25 heavy (non-hydrogen) atoms. The minimum Gasteiger partial charge on any atom is -0.338 e. The summed E-state index contributed by atoms with van der Waals surface area (Å²) < 4.78 is 0.989. The molecule has 2 amide bonds. The van der Waals surface area contributed by atoms with E-state index >= 15 is 0 Å². The predicted octanol–water partition coefficient (Wildman–Crippen LogP) is 1.86. The molecule has 1 aliphatic rings. The van der Waals surface area contributed by atoms with Crippen molar-refractivity contribution in [3.05, 3.63) is 28.2 Å². The maximum Gasteiger partial charge on any atom is 0.279 e. The van der Waals surface area contributed by atoms with E-state index in [-0.39, 0.29) is 18.4 Å². The Morgan fingerprint density at radius 1 is 1.32 bits per heavy atom. The average Bonchev–Trinajstić information content (AvgIpc) is 3.33. The number of carbonyl (C=O) groups is 2. The number of anilines is 1. The number of hydrogen-bond donors (Lipinski definition) is 2. The zero-order valence-corrected chi connectivity index (χ0v) is 17.0. The number of aryl methyl sites for hydroxylation is 1. The highest BCUT2D eigenvalue weighted by molar-refractivity contribution is 9.10. The molecule has 1 saturated carbocycles. The first-order valence-corrected chi connectivity index (χ1v) is 9.83. The van der Waals surface area contributed by atoms with Crippen LogP contribution in [0.3, 0.4) is 0 Å². The van der Waals surface area contributed by atoms with Gasteiger partial charge in [0.05, 0.1) is 7.05 Å². The summed E-state index contributed by atoms with van der Waals surface area (Å²) in [6.07, 6.45) is 3.46. The summed E-state index contributed by atoms with van der Waals surface area (Å²) in [6.45, 7) is 6.39. The Kier molecular flexibility index (Phi) is 7.44. The highest BCUT2D eigenvalue weighted by atomic mass is 79.9. The highest BCUT2D eigenvalue weighted by Crippen LogP contribution is 2.29. The molecule has 1 aromatic carbocycles. The lowest BCUT2D eigenvalue weighted by Gasteiger charge is -2.23. The van der Waals surface area contributed by atoms with Crippen molar-refractivity contribution in [2.45, 2.75) is 33.1 Å². The second kappa shape index (κ2) is 9.34. The SMILES string of the molecule is CCCN(CC1CC1)C(=O)C[NH+](C)CC(=O)Nc1ccc(Br)cc1C. The summed E-state index contributed by atoms with van der Waals surface area (Å²) in [5.74, 6) is 0.776. The minimum atomic E-state index is -0.0695. The molecular weight excluding hydrogens is 382 g/mol. The van der Waals surface area contributed by atoms with Crippen LogP contribution in [0.25, 0.3) is 0 Å². The first-order valence-electron chi connectivity index (χ1n) is 9.04. The summed E-state index contributed by atoms with van der Waals surface area (Å²) in [5, 5.41) is 2.93. The molecule has 0 heterocycles. The van der Waals surface area contributed by atoms with Crippen LogP contribution >= 0.6 is 15.9 Å². The van der Waals surface area contributed by atoms with Crippen molar-refractivity contribution < 1.29 is 14.5 Å². The topological polar surface area (TPSA) is 53.9 Å². The van der Waals surface area contributed by atoms with E-state index < -0.39 is 0 Å². The van der Waals surface area contributed by atoms with Crippen LogP contribution in [0.4, 0.5) is 5.69 Å². The van der Waals surface area contributed by atoms with Crippen LogP contribution in [0.15, 0.2) is 22.7 Å². The quantitative estimate of drug-likeness (QED) is 0.652. The molecule has 1 atom stereocenters. The van der Waals surface area contributed by atoms with Crippen LogP contribution in [0, 0.1) is 12.8 Å². The monoisotopic (exact) mass is 410 g/mol. The van der Waals surface area contributed by atoms with E-state index in [1.807, 2.05) is 37.1 Å². The smallest absolute Gasteiger partial charge is 0.279 e. The number of hydrogen-bond acceptors (Lipinski definition) is 2. The number of quaternary nitrogens is 1. The van der Waals surface area contributed by atoms with Crippen LogP contribution < -0.4 is 10.2 Å². The number of nitrogens with one attached hydrogen (secondary N) is 2. The third kappa shape index (κ3) is 6.78. The second-order valence-corrected chi connectivity index (χ2v) is 8.02. The van der Waals surface area contributed by atoms with E-state index in [9.17, 15) is 9.59 Å². The van der Waals surface area contributed by atoms with Gasteiger partial charge in [-0.15, -0.1) is 0 Å². The predicted molar refractivity (Wildman–Crippen MR) is 104 cm³/mol. The molecule has 0 spiro atoms. The van der Waals surface area contributed by atoms with Gasteiger partial charge in [0.2, 0.25) is 0 Å². The van der Waals surface area contributed by atoms with Gasteiger partial charge in [-0.3, -0.25) is 9.59 Å². The Balaban J connectivity index is 1.82. The lowest BCUT2D eigenvalue weighted by molar-refractivity contribution is -0.862. The van der Waals surface area contributed by atoms with Crippen molar-refractivity contribution in [3.8, 4) is 0 Å². The molecule has 6 heteroatoms. The van der Waals surface area contributed by atoms with Crippen LogP contribution in [0.5, 0.6) is 0 Å². The van der Waals surface area contributed by atoms with E-state index in [4.69, 9.17) is 0 Å². The first kappa shape index (κ1) is 19.9. The van der Waals surface area contributed by atoms with E-state index in [0.29, 0.717) is 12.5 Å².